The molecule has 3 atom stereocenters. The maximum absolute atomic E-state index is 10.9. The minimum Gasteiger partial charge on any atom is -0.462 e. The quantitative estimate of drug-likeness (QED) is 0.501. The van der Waals surface area contributed by atoms with Gasteiger partial charge in [0.15, 0.2) is 0 Å². The van der Waals surface area contributed by atoms with E-state index in [1.165, 1.54) is 18.9 Å². The number of esters is 1. The van der Waals surface area contributed by atoms with Crippen LogP contribution in [0.2, 0.25) is 0 Å². The number of hydrogen-bond acceptors (Lipinski definition) is 2. The van der Waals surface area contributed by atoms with Crippen molar-refractivity contribution in [3.05, 3.63) is 12.2 Å². The summed E-state index contributed by atoms with van der Waals surface area (Å²) in [6, 6.07) is 0. The normalized spacial score (nSPS) is 32.4. The van der Waals surface area contributed by atoms with Crippen molar-refractivity contribution in [1.82, 2.24) is 0 Å². The van der Waals surface area contributed by atoms with Crippen LogP contribution >= 0.6 is 0 Å². The van der Waals surface area contributed by atoms with Gasteiger partial charge in [-0.3, -0.25) is 4.79 Å². The Kier molecular flexibility index (Phi) is 3.73. The molecule has 1 fully saturated rings. The predicted octanol–water partition coefficient (Wildman–Crippen LogP) is 2.93. The summed E-state index contributed by atoms with van der Waals surface area (Å²) in [6.45, 7) is 9.68. The number of hydrogen-bond donors (Lipinski definition) is 0. The summed E-state index contributed by atoms with van der Waals surface area (Å²) in [6.07, 6.45) is 3.38. The highest BCUT2D eigenvalue weighted by atomic mass is 16.5. The van der Waals surface area contributed by atoms with E-state index >= 15 is 0 Å². The third-order valence-electron chi connectivity index (χ3n) is 3.14. The summed E-state index contributed by atoms with van der Waals surface area (Å²) < 4.78 is 5.30. The minimum absolute atomic E-state index is 0.1000. The van der Waals surface area contributed by atoms with Crippen LogP contribution in [-0.2, 0) is 9.53 Å². The highest BCUT2D eigenvalue weighted by Gasteiger charge is 2.29. The third-order valence-corrected chi connectivity index (χ3v) is 3.14. The van der Waals surface area contributed by atoms with E-state index in [1.54, 1.807) is 0 Å². The van der Waals surface area contributed by atoms with Gasteiger partial charge in [0.05, 0.1) is 0 Å². The van der Waals surface area contributed by atoms with Crippen molar-refractivity contribution >= 4 is 5.97 Å². The number of carbonyl (C=O) groups is 1. The van der Waals surface area contributed by atoms with E-state index in [1.807, 2.05) is 0 Å². The Hall–Kier alpha value is -0.790. The molecule has 0 radical (unpaired) electrons. The molecule has 0 saturated heterocycles. The lowest BCUT2D eigenvalue weighted by molar-refractivity contribution is -0.151. The fourth-order valence-corrected chi connectivity index (χ4v) is 2.11. The Morgan fingerprint density at radius 3 is 2.50 bits per heavy atom. The predicted molar refractivity (Wildman–Crippen MR) is 56.9 cm³/mol. The zero-order chi connectivity index (χ0) is 10.7. The average Bonchev–Trinajstić information content (AvgIpc) is 2.07. The third kappa shape index (κ3) is 2.86. The molecule has 2 nitrogen and oxygen atoms in total. The van der Waals surface area contributed by atoms with E-state index in [0.29, 0.717) is 11.8 Å². The van der Waals surface area contributed by atoms with E-state index in [9.17, 15) is 4.79 Å². The van der Waals surface area contributed by atoms with Gasteiger partial charge in [-0.05, 0) is 38.0 Å². The van der Waals surface area contributed by atoms with Crippen LogP contribution in [0.1, 0.15) is 40.0 Å². The molecule has 0 amide bonds. The molecule has 0 N–H and O–H groups in total. The van der Waals surface area contributed by atoms with Gasteiger partial charge in [-0.2, -0.15) is 0 Å². The molecule has 1 aliphatic rings. The zero-order valence-electron chi connectivity index (χ0n) is 9.38. The summed E-state index contributed by atoms with van der Waals surface area (Å²) in [4.78, 5) is 10.9. The maximum atomic E-state index is 10.9. The van der Waals surface area contributed by atoms with Gasteiger partial charge in [-0.25, -0.2) is 0 Å². The Bertz CT molecular complexity index is 232. The van der Waals surface area contributed by atoms with Gasteiger partial charge in [-0.15, -0.1) is 0 Å². The number of rotatable bonds is 2. The smallest absolute Gasteiger partial charge is 0.302 e. The number of allylic oxidation sites excluding steroid dienone is 1. The summed E-state index contributed by atoms with van der Waals surface area (Å²) >= 11 is 0. The molecule has 1 aliphatic carbocycles. The molecule has 0 spiro atoms. The molecule has 0 aromatic rings. The van der Waals surface area contributed by atoms with Crippen LogP contribution in [0, 0.1) is 11.8 Å². The molecule has 0 heterocycles. The first kappa shape index (κ1) is 11.3. The van der Waals surface area contributed by atoms with Crippen molar-refractivity contribution in [3.8, 4) is 0 Å². The minimum atomic E-state index is -0.163. The molecule has 1 saturated carbocycles. The van der Waals surface area contributed by atoms with Crippen LogP contribution in [0.25, 0.3) is 0 Å². The molecule has 80 valence electrons. The number of ether oxygens (including phenoxy) is 1. The monoisotopic (exact) mass is 196 g/mol. The SMILES string of the molecule is C=C(C)[C@@H]1CC[C@@H](C)[C@@H](OC(C)=O)C1. The second-order valence-corrected chi connectivity index (χ2v) is 4.48. The van der Waals surface area contributed by atoms with E-state index < -0.39 is 0 Å². The second-order valence-electron chi connectivity index (χ2n) is 4.48. The van der Waals surface area contributed by atoms with Crippen molar-refractivity contribution in [2.24, 2.45) is 11.8 Å². The Balaban J connectivity index is 2.55. The van der Waals surface area contributed by atoms with Crippen LogP contribution in [0.15, 0.2) is 12.2 Å². The molecule has 1 rings (SSSR count). The Morgan fingerprint density at radius 1 is 1.36 bits per heavy atom. The second kappa shape index (κ2) is 4.63. The Labute approximate surface area is 86.3 Å². The molecular weight excluding hydrogens is 176 g/mol. The fourth-order valence-electron chi connectivity index (χ4n) is 2.11. The van der Waals surface area contributed by atoms with Gasteiger partial charge in [0.25, 0.3) is 0 Å². The first-order valence-electron chi connectivity index (χ1n) is 5.33. The lowest BCUT2D eigenvalue weighted by atomic mass is 9.78. The molecule has 0 bridgehead atoms. The highest BCUT2D eigenvalue weighted by Crippen LogP contribution is 2.34. The van der Waals surface area contributed by atoms with Gasteiger partial charge in [0.1, 0.15) is 6.10 Å². The van der Waals surface area contributed by atoms with Crippen molar-refractivity contribution in [3.63, 3.8) is 0 Å². The largest absolute Gasteiger partial charge is 0.462 e. The van der Waals surface area contributed by atoms with Crippen molar-refractivity contribution in [2.45, 2.75) is 46.1 Å². The molecule has 0 unspecified atom stereocenters. The topological polar surface area (TPSA) is 26.3 Å². The molecule has 2 heteroatoms. The first-order chi connectivity index (χ1) is 6.50. The molecule has 0 aliphatic heterocycles. The standard InChI is InChI=1S/C12H20O2/c1-8(2)11-6-5-9(3)12(7-11)14-10(4)13/h9,11-12H,1,5-7H2,2-4H3/t9-,11-,12+/m1/s1. The molecular formula is C12H20O2. The summed E-state index contributed by atoms with van der Waals surface area (Å²) in [5.41, 5.74) is 1.22. The van der Waals surface area contributed by atoms with Gasteiger partial charge in [0.2, 0.25) is 0 Å². The highest BCUT2D eigenvalue weighted by molar-refractivity contribution is 5.66. The van der Waals surface area contributed by atoms with Crippen LogP contribution in [0.3, 0.4) is 0 Å². The van der Waals surface area contributed by atoms with Gasteiger partial charge in [-0.1, -0.05) is 19.1 Å². The van der Waals surface area contributed by atoms with Crippen molar-refractivity contribution in [1.29, 1.82) is 0 Å². The van der Waals surface area contributed by atoms with Crippen LogP contribution in [0.5, 0.6) is 0 Å². The molecule has 14 heavy (non-hydrogen) atoms. The van der Waals surface area contributed by atoms with Crippen molar-refractivity contribution in [2.75, 3.05) is 0 Å². The summed E-state index contributed by atoms with van der Waals surface area (Å²) in [5, 5.41) is 0. The van der Waals surface area contributed by atoms with E-state index in [4.69, 9.17) is 4.74 Å². The lowest BCUT2D eigenvalue weighted by Crippen LogP contribution is -2.31. The average molecular weight is 196 g/mol. The van der Waals surface area contributed by atoms with E-state index in [2.05, 4.69) is 20.4 Å². The van der Waals surface area contributed by atoms with Crippen LogP contribution < -0.4 is 0 Å². The van der Waals surface area contributed by atoms with E-state index in [0.717, 1.165) is 12.8 Å². The van der Waals surface area contributed by atoms with Gasteiger partial charge in [0, 0.05) is 6.92 Å². The van der Waals surface area contributed by atoms with E-state index in [-0.39, 0.29) is 12.1 Å². The fraction of sp³-hybridized carbons (Fsp3) is 0.750. The van der Waals surface area contributed by atoms with Crippen LogP contribution in [-0.4, -0.2) is 12.1 Å². The summed E-state index contributed by atoms with van der Waals surface area (Å²) in [7, 11) is 0. The zero-order valence-corrected chi connectivity index (χ0v) is 9.38. The van der Waals surface area contributed by atoms with Gasteiger partial charge >= 0.3 is 5.97 Å². The van der Waals surface area contributed by atoms with Crippen molar-refractivity contribution < 1.29 is 9.53 Å². The Morgan fingerprint density at radius 2 is 2.00 bits per heavy atom. The number of carbonyl (C=O) groups excluding carboxylic acids is 1. The maximum Gasteiger partial charge on any atom is 0.302 e. The first-order valence-corrected chi connectivity index (χ1v) is 5.33. The van der Waals surface area contributed by atoms with Crippen LogP contribution in [0.4, 0.5) is 0 Å². The molecule has 0 aromatic heterocycles. The molecule has 0 aromatic carbocycles. The lowest BCUT2D eigenvalue weighted by Gasteiger charge is -2.33. The van der Waals surface area contributed by atoms with Gasteiger partial charge < -0.3 is 4.74 Å². The summed E-state index contributed by atoms with van der Waals surface area (Å²) in [5.74, 6) is 0.870.